The largest absolute Gasteiger partial charge is 0.352 e. The predicted octanol–water partition coefficient (Wildman–Crippen LogP) is 1.85. The molecule has 0 bridgehead atoms. The lowest BCUT2D eigenvalue weighted by atomic mass is 10.3. The third kappa shape index (κ3) is 2.14. The van der Waals surface area contributed by atoms with Crippen LogP contribution < -0.4 is 5.32 Å². The van der Waals surface area contributed by atoms with E-state index < -0.39 is 0 Å². The van der Waals surface area contributed by atoms with Crippen LogP contribution in [0, 0.1) is 0 Å². The summed E-state index contributed by atoms with van der Waals surface area (Å²) in [6.45, 7) is 2.10. The second kappa shape index (κ2) is 4.36. The molecule has 0 saturated heterocycles. The molecule has 1 rings (SSSR count). The van der Waals surface area contributed by atoms with Crippen LogP contribution in [0.15, 0.2) is 12.4 Å². The summed E-state index contributed by atoms with van der Waals surface area (Å²) in [6, 6.07) is 0.313. The first-order valence-electron chi connectivity index (χ1n) is 4.07. The molecule has 1 N–H and O–H groups in total. The lowest BCUT2D eigenvalue weighted by molar-refractivity contribution is 0.746. The van der Waals surface area contributed by atoms with Crippen molar-refractivity contribution in [3.63, 3.8) is 0 Å². The van der Waals surface area contributed by atoms with Crippen LogP contribution in [0.3, 0.4) is 0 Å². The van der Waals surface area contributed by atoms with E-state index in [1.807, 2.05) is 17.8 Å². The molecular formula is C8H14ClN3. The fourth-order valence-electron chi connectivity index (χ4n) is 0.937. The molecule has 4 heteroatoms. The number of nitrogens with zero attached hydrogens (tertiary/aromatic N) is 2. The van der Waals surface area contributed by atoms with Crippen LogP contribution >= 0.6 is 11.6 Å². The van der Waals surface area contributed by atoms with Crippen molar-refractivity contribution in [2.45, 2.75) is 19.4 Å². The molecule has 1 aromatic heterocycles. The Kier molecular flexibility index (Phi) is 3.41. The quantitative estimate of drug-likeness (QED) is 0.730. The van der Waals surface area contributed by atoms with Crippen molar-refractivity contribution in [3.05, 3.63) is 12.4 Å². The van der Waals surface area contributed by atoms with Gasteiger partial charge in [-0.15, -0.1) is 11.6 Å². The van der Waals surface area contributed by atoms with Gasteiger partial charge in [-0.3, -0.25) is 0 Å². The fourth-order valence-corrected chi connectivity index (χ4v) is 1.23. The maximum absolute atomic E-state index is 5.74. The molecule has 0 spiro atoms. The highest BCUT2D eigenvalue weighted by atomic mass is 35.5. The number of rotatable bonds is 4. The molecule has 1 atom stereocenters. The van der Waals surface area contributed by atoms with Gasteiger partial charge in [0.05, 0.1) is 0 Å². The highest BCUT2D eigenvalue weighted by Gasteiger charge is 2.06. The molecule has 0 amide bonds. The van der Waals surface area contributed by atoms with Crippen LogP contribution in [0.4, 0.5) is 5.95 Å². The molecule has 0 aromatic carbocycles. The van der Waals surface area contributed by atoms with Crippen molar-refractivity contribution < 1.29 is 0 Å². The van der Waals surface area contributed by atoms with E-state index in [0.717, 1.165) is 12.4 Å². The number of anilines is 1. The first-order valence-corrected chi connectivity index (χ1v) is 4.61. The normalized spacial score (nSPS) is 12.9. The molecule has 0 saturated carbocycles. The molecule has 0 aliphatic heterocycles. The molecular weight excluding hydrogens is 174 g/mol. The lowest BCUT2D eigenvalue weighted by Gasteiger charge is -2.13. The molecule has 1 heterocycles. The van der Waals surface area contributed by atoms with Crippen LogP contribution in [0.25, 0.3) is 0 Å². The Morgan fingerprint density at radius 2 is 2.50 bits per heavy atom. The molecule has 0 aliphatic carbocycles. The minimum Gasteiger partial charge on any atom is -0.352 e. The van der Waals surface area contributed by atoms with Crippen LogP contribution in [0.5, 0.6) is 0 Å². The van der Waals surface area contributed by atoms with Crippen molar-refractivity contribution in [2.24, 2.45) is 7.05 Å². The van der Waals surface area contributed by atoms with Crippen LogP contribution in [-0.4, -0.2) is 21.5 Å². The van der Waals surface area contributed by atoms with E-state index >= 15 is 0 Å². The maximum Gasteiger partial charge on any atom is 0.202 e. The molecule has 68 valence electrons. The Hall–Kier alpha value is -0.700. The van der Waals surface area contributed by atoms with Crippen LogP contribution in [0.1, 0.15) is 13.3 Å². The maximum atomic E-state index is 5.74. The van der Waals surface area contributed by atoms with Gasteiger partial charge in [0.2, 0.25) is 5.95 Å². The van der Waals surface area contributed by atoms with E-state index in [-0.39, 0.29) is 0 Å². The molecule has 1 unspecified atom stereocenters. The van der Waals surface area contributed by atoms with E-state index in [9.17, 15) is 0 Å². The monoisotopic (exact) mass is 187 g/mol. The summed E-state index contributed by atoms with van der Waals surface area (Å²) < 4.78 is 1.94. The zero-order valence-corrected chi connectivity index (χ0v) is 8.17. The number of aryl methyl sites for hydroxylation is 1. The summed E-state index contributed by atoms with van der Waals surface area (Å²) in [5.41, 5.74) is 0. The Balaban J connectivity index is 2.56. The summed E-state index contributed by atoms with van der Waals surface area (Å²) in [6.07, 6.45) is 4.68. The first-order chi connectivity index (χ1) is 5.77. The van der Waals surface area contributed by atoms with Gasteiger partial charge in [-0.25, -0.2) is 4.98 Å². The summed E-state index contributed by atoms with van der Waals surface area (Å²) in [7, 11) is 1.95. The zero-order valence-electron chi connectivity index (χ0n) is 7.42. The van der Waals surface area contributed by atoms with Crippen molar-refractivity contribution in [1.29, 1.82) is 0 Å². The van der Waals surface area contributed by atoms with Gasteiger partial charge in [-0.2, -0.15) is 0 Å². The standard InChI is InChI=1S/C8H14ClN3/c1-3-7(6-9)11-8-10-4-5-12(8)2/h4-5,7H,3,6H2,1-2H3,(H,10,11). The molecule has 0 fully saturated rings. The minimum atomic E-state index is 0.313. The van der Waals surface area contributed by atoms with Gasteiger partial charge in [0.15, 0.2) is 0 Å². The van der Waals surface area contributed by atoms with Gasteiger partial charge in [0, 0.05) is 31.4 Å². The topological polar surface area (TPSA) is 29.9 Å². The van der Waals surface area contributed by atoms with Gasteiger partial charge in [0.1, 0.15) is 0 Å². The predicted molar refractivity (Wildman–Crippen MR) is 51.6 cm³/mol. The van der Waals surface area contributed by atoms with Crippen molar-refractivity contribution in [3.8, 4) is 0 Å². The Morgan fingerprint density at radius 3 is 2.92 bits per heavy atom. The van der Waals surface area contributed by atoms with Crippen LogP contribution in [0.2, 0.25) is 0 Å². The van der Waals surface area contributed by atoms with E-state index in [2.05, 4.69) is 17.2 Å². The van der Waals surface area contributed by atoms with Crippen molar-refractivity contribution in [2.75, 3.05) is 11.2 Å². The number of nitrogens with one attached hydrogen (secondary N) is 1. The summed E-state index contributed by atoms with van der Waals surface area (Å²) in [4.78, 5) is 4.14. The van der Waals surface area contributed by atoms with Crippen molar-refractivity contribution in [1.82, 2.24) is 9.55 Å². The van der Waals surface area contributed by atoms with Gasteiger partial charge in [0.25, 0.3) is 0 Å². The molecule has 3 nitrogen and oxygen atoms in total. The van der Waals surface area contributed by atoms with Gasteiger partial charge < -0.3 is 9.88 Å². The Labute approximate surface area is 77.7 Å². The number of hydrogen-bond donors (Lipinski definition) is 1. The third-order valence-corrected chi connectivity index (χ3v) is 2.21. The number of aromatic nitrogens is 2. The molecule has 1 aromatic rings. The fraction of sp³-hybridized carbons (Fsp3) is 0.625. The van der Waals surface area contributed by atoms with Crippen LogP contribution in [-0.2, 0) is 7.05 Å². The Bertz CT molecular complexity index is 230. The molecule has 0 radical (unpaired) electrons. The van der Waals surface area contributed by atoms with E-state index in [1.165, 1.54) is 0 Å². The Morgan fingerprint density at radius 1 is 1.75 bits per heavy atom. The van der Waals surface area contributed by atoms with Crippen molar-refractivity contribution >= 4 is 17.5 Å². The number of halogens is 1. The SMILES string of the molecule is CCC(CCl)Nc1nccn1C. The number of alkyl halides is 1. The summed E-state index contributed by atoms with van der Waals surface area (Å²) >= 11 is 5.74. The number of hydrogen-bond acceptors (Lipinski definition) is 2. The average molecular weight is 188 g/mol. The smallest absolute Gasteiger partial charge is 0.202 e. The highest BCUT2D eigenvalue weighted by Crippen LogP contribution is 2.06. The first kappa shape index (κ1) is 9.39. The zero-order chi connectivity index (χ0) is 8.97. The van der Waals surface area contributed by atoms with E-state index in [0.29, 0.717) is 11.9 Å². The molecule has 0 aliphatic rings. The lowest BCUT2D eigenvalue weighted by Crippen LogP contribution is -2.22. The highest BCUT2D eigenvalue weighted by molar-refractivity contribution is 6.18. The summed E-state index contributed by atoms with van der Waals surface area (Å²) in [5.74, 6) is 1.49. The third-order valence-electron chi connectivity index (χ3n) is 1.83. The minimum absolute atomic E-state index is 0.313. The van der Waals surface area contributed by atoms with Gasteiger partial charge in [-0.1, -0.05) is 6.92 Å². The summed E-state index contributed by atoms with van der Waals surface area (Å²) in [5, 5.41) is 3.25. The molecule has 12 heavy (non-hydrogen) atoms. The van der Waals surface area contributed by atoms with E-state index in [1.54, 1.807) is 6.20 Å². The van der Waals surface area contributed by atoms with E-state index in [4.69, 9.17) is 11.6 Å². The number of imidazole rings is 1. The van der Waals surface area contributed by atoms with Gasteiger partial charge in [-0.05, 0) is 6.42 Å². The van der Waals surface area contributed by atoms with Gasteiger partial charge >= 0.3 is 0 Å². The second-order valence-electron chi connectivity index (χ2n) is 2.77. The second-order valence-corrected chi connectivity index (χ2v) is 3.07. The average Bonchev–Trinajstić information content (AvgIpc) is 2.47.